The largest absolute Gasteiger partial charge is 0.368 e. The van der Waals surface area contributed by atoms with Crippen molar-refractivity contribution in [1.29, 1.82) is 5.26 Å². The first kappa shape index (κ1) is 14.2. The Labute approximate surface area is 119 Å². The molecule has 0 saturated carbocycles. The zero-order valence-corrected chi connectivity index (χ0v) is 11.8. The maximum atomic E-state index is 11.9. The van der Waals surface area contributed by atoms with E-state index in [1.807, 2.05) is 30.0 Å². The molecule has 0 atom stereocenters. The summed E-state index contributed by atoms with van der Waals surface area (Å²) in [6.45, 7) is 5.80. The van der Waals surface area contributed by atoms with E-state index in [-0.39, 0.29) is 6.03 Å². The van der Waals surface area contributed by atoms with Crippen molar-refractivity contribution in [3.05, 3.63) is 29.8 Å². The minimum absolute atomic E-state index is 0.0253. The van der Waals surface area contributed by atoms with Gasteiger partial charge in [-0.3, -0.25) is 0 Å². The molecule has 0 bridgehead atoms. The van der Waals surface area contributed by atoms with E-state index >= 15 is 0 Å². The summed E-state index contributed by atoms with van der Waals surface area (Å²) in [5.74, 6) is 0. The zero-order chi connectivity index (χ0) is 14.4. The molecule has 0 aromatic heterocycles. The second kappa shape index (κ2) is 6.80. The van der Waals surface area contributed by atoms with Crippen molar-refractivity contribution in [2.24, 2.45) is 0 Å². The van der Waals surface area contributed by atoms with E-state index in [1.165, 1.54) is 0 Å². The van der Waals surface area contributed by atoms with Gasteiger partial charge in [0.2, 0.25) is 0 Å². The van der Waals surface area contributed by atoms with Crippen LogP contribution >= 0.6 is 0 Å². The van der Waals surface area contributed by atoms with E-state index in [0.29, 0.717) is 18.7 Å². The number of nitrogens with one attached hydrogen (secondary N) is 1. The Morgan fingerprint density at radius 1 is 1.35 bits per heavy atom. The van der Waals surface area contributed by atoms with E-state index in [4.69, 9.17) is 5.26 Å². The van der Waals surface area contributed by atoms with Crippen molar-refractivity contribution in [3.63, 3.8) is 0 Å². The van der Waals surface area contributed by atoms with Gasteiger partial charge in [0.05, 0.1) is 11.6 Å². The Morgan fingerprint density at radius 3 is 2.75 bits per heavy atom. The number of piperazine rings is 1. The average Bonchev–Trinajstić information content (AvgIpc) is 2.52. The molecule has 1 aromatic carbocycles. The minimum atomic E-state index is 0.0253. The number of nitrogens with zero attached hydrogens (tertiary/aromatic N) is 3. The molecule has 1 aromatic rings. The first-order chi connectivity index (χ1) is 9.74. The van der Waals surface area contributed by atoms with Gasteiger partial charge in [-0.05, 0) is 24.6 Å². The quantitative estimate of drug-likeness (QED) is 0.912. The highest BCUT2D eigenvalue weighted by Gasteiger charge is 2.20. The predicted molar refractivity (Wildman–Crippen MR) is 78.6 cm³/mol. The molecule has 2 rings (SSSR count). The Bertz CT molecular complexity index is 501. The molecule has 1 N–H and O–H groups in total. The Morgan fingerprint density at radius 2 is 2.10 bits per heavy atom. The molecule has 1 heterocycles. The van der Waals surface area contributed by atoms with E-state index in [9.17, 15) is 4.79 Å². The van der Waals surface area contributed by atoms with Crippen LogP contribution < -0.4 is 10.2 Å². The average molecular weight is 272 g/mol. The van der Waals surface area contributed by atoms with Crippen LogP contribution in [0.5, 0.6) is 0 Å². The lowest BCUT2D eigenvalue weighted by Gasteiger charge is -2.36. The molecule has 1 aliphatic rings. The Balaban J connectivity index is 1.91. The van der Waals surface area contributed by atoms with Gasteiger partial charge in [-0.1, -0.05) is 13.0 Å². The van der Waals surface area contributed by atoms with Crippen molar-refractivity contribution < 1.29 is 4.79 Å². The van der Waals surface area contributed by atoms with Crippen molar-refractivity contribution in [3.8, 4) is 6.07 Å². The first-order valence-corrected chi connectivity index (χ1v) is 7.02. The maximum absolute atomic E-state index is 11.9. The summed E-state index contributed by atoms with van der Waals surface area (Å²) in [6.07, 6.45) is 0.951. The number of amides is 2. The number of hydrogen-bond donors (Lipinski definition) is 1. The fourth-order valence-corrected chi connectivity index (χ4v) is 2.28. The molecule has 0 aliphatic carbocycles. The molecule has 2 amide bonds. The van der Waals surface area contributed by atoms with Crippen LogP contribution in [0.3, 0.4) is 0 Å². The highest BCUT2D eigenvalue weighted by molar-refractivity contribution is 5.74. The van der Waals surface area contributed by atoms with Crippen molar-refractivity contribution in [2.45, 2.75) is 13.3 Å². The van der Waals surface area contributed by atoms with Crippen molar-refractivity contribution in [2.75, 3.05) is 37.6 Å². The SMILES string of the molecule is CCCNC(=O)N1CCN(c2cccc(C#N)c2)CC1. The van der Waals surface area contributed by atoms with Gasteiger partial charge < -0.3 is 15.1 Å². The summed E-state index contributed by atoms with van der Waals surface area (Å²) in [5.41, 5.74) is 1.73. The van der Waals surface area contributed by atoms with Crippen LogP contribution in [-0.4, -0.2) is 43.7 Å². The van der Waals surface area contributed by atoms with Gasteiger partial charge in [-0.25, -0.2) is 4.79 Å². The van der Waals surface area contributed by atoms with Gasteiger partial charge in [0.25, 0.3) is 0 Å². The zero-order valence-electron chi connectivity index (χ0n) is 11.8. The van der Waals surface area contributed by atoms with E-state index in [2.05, 4.69) is 16.3 Å². The van der Waals surface area contributed by atoms with Crippen LogP contribution in [0.25, 0.3) is 0 Å². The fourth-order valence-electron chi connectivity index (χ4n) is 2.28. The fraction of sp³-hybridized carbons (Fsp3) is 0.467. The van der Waals surface area contributed by atoms with Crippen LogP contribution in [-0.2, 0) is 0 Å². The van der Waals surface area contributed by atoms with Crippen LogP contribution in [0.15, 0.2) is 24.3 Å². The van der Waals surface area contributed by atoms with Gasteiger partial charge >= 0.3 is 6.03 Å². The number of carbonyl (C=O) groups is 1. The summed E-state index contributed by atoms with van der Waals surface area (Å²) in [5, 5.41) is 11.8. The molecule has 0 radical (unpaired) electrons. The van der Waals surface area contributed by atoms with E-state index < -0.39 is 0 Å². The molecule has 5 heteroatoms. The normalized spacial score (nSPS) is 14.8. The molecule has 20 heavy (non-hydrogen) atoms. The standard InChI is InChI=1S/C15H20N4O/c1-2-6-17-15(20)19-9-7-18(8-10-19)14-5-3-4-13(11-14)12-16/h3-5,11H,2,6-10H2,1H3,(H,17,20). The van der Waals surface area contributed by atoms with Crippen LogP contribution in [0.1, 0.15) is 18.9 Å². The second-order valence-electron chi connectivity index (χ2n) is 4.87. The molecular formula is C15H20N4O. The summed E-state index contributed by atoms with van der Waals surface area (Å²) < 4.78 is 0. The lowest BCUT2D eigenvalue weighted by Crippen LogP contribution is -2.52. The number of nitriles is 1. The first-order valence-electron chi connectivity index (χ1n) is 7.02. The van der Waals surface area contributed by atoms with E-state index in [0.717, 1.165) is 31.7 Å². The molecule has 1 fully saturated rings. The molecule has 0 unspecified atom stereocenters. The molecule has 5 nitrogen and oxygen atoms in total. The van der Waals surface area contributed by atoms with Gasteiger partial charge in [0, 0.05) is 38.4 Å². The van der Waals surface area contributed by atoms with Crippen LogP contribution in [0.4, 0.5) is 10.5 Å². The highest BCUT2D eigenvalue weighted by atomic mass is 16.2. The Hall–Kier alpha value is -2.22. The summed E-state index contributed by atoms with van der Waals surface area (Å²) >= 11 is 0. The van der Waals surface area contributed by atoms with Gasteiger partial charge in [0.15, 0.2) is 0 Å². The number of urea groups is 1. The van der Waals surface area contributed by atoms with Crippen molar-refractivity contribution >= 4 is 11.7 Å². The molecule has 1 aliphatic heterocycles. The molecule has 106 valence electrons. The lowest BCUT2D eigenvalue weighted by molar-refractivity contribution is 0.194. The number of carbonyl (C=O) groups excluding carboxylic acids is 1. The van der Waals surface area contributed by atoms with Crippen LogP contribution in [0.2, 0.25) is 0 Å². The number of hydrogen-bond acceptors (Lipinski definition) is 3. The molecular weight excluding hydrogens is 252 g/mol. The topological polar surface area (TPSA) is 59.4 Å². The third-order valence-corrected chi connectivity index (χ3v) is 3.43. The highest BCUT2D eigenvalue weighted by Crippen LogP contribution is 2.17. The number of rotatable bonds is 3. The number of anilines is 1. The third-order valence-electron chi connectivity index (χ3n) is 3.43. The summed E-state index contributed by atoms with van der Waals surface area (Å²) in [4.78, 5) is 15.9. The summed E-state index contributed by atoms with van der Waals surface area (Å²) in [6, 6.07) is 9.78. The molecule has 0 spiro atoms. The van der Waals surface area contributed by atoms with Crippen LogP contribution in [0, 0.1) is 11.3 Å². The van der Waals surface area contributed by atoms with Gasteiger partial charge in [-0.15, -0.1) is 0 Å². The summed E-state index contributed by atoms with van der Waals surface area (Å²) in [7, 11) is 0. The Kier molecular flexibility index (Phi) is 4.83. The smallest absolute Gasteiger partial charge is 0.317 e. The monoisotopic (exact) mass is 272 g/mol. The van der Waals surface area contributed by atoms with E-state index in [1.54, 1.807) is 6.07 Å². The van der Waals surface area contributed by atoms with Crippen molar-refractivity contribution in [1.82, 2.24) is 10.2 Å². The minimum Gasteiger partial charge on any atom is -0.368 e. The van der Waals surface area contributed by atoms with Gasteiger partial charge in [-0.2, -0.15) is 5.26 Å². The number of benzene rings is 1. The maximum Gasteiger partial charge on any atom is 0.317 e. The lowest BCUT2D eigenvalue weighted by atomic mass is 10.2. The third kappa shape index (κ3) is 3.41. The van der Waals surface area contributed by atoms with Gasteiger partial charge in [0.1, 0.15) is 0 Å². The predicted octanol–water partition coefficient (Wildman–Crippen LogP) is 1.80. The molecule has 1 saturated heterocycles. The second-order valence-corrected chi connectivity index (χ2v) is 4.87.